The third-order valence-corrected chi connectivity index (χ3v) is 2.30. The van der Waals surface area contributed by atoms with E-state index in [-0.39, 0.29) is 11.7 Å². The summed E-state index contributed by atoms with van der Waals surface area (Å²) in [5, 5.41) is 0. The lowest BCUT2D eigenvalue weighted by Crippen LogP contribution is -2.03. The first-order chi connectivity index (χ1) is 6.65. The molecule has 0 aromatic heterocycles. The summed E-state index contributed by atoms with van der Waals surface area (Å²) in [7, 11) is 0. The molecule has 2 heteroatoms. The zero-order chi connectivity index (χ0) is 10.6. The van der Waals surface area contributed by atoms with Crippen molar-refractivity contribution in [1.82, 2.24) is 0 Å². The van der Waals surface area contributed by atoms with Crippen molar-refractivity contribution in [2.24, 2.45) is 0 Å². The van der Waals surface area contributed by atoms with Gasteiger partial charge in [0.05, 0.1) is 6.61 Å². The van der Waals surface area contributed by atoms with Crippen LogP contribution < -0.4 is 4.74 Å². The van der Waals surface area contributed by atoms with Gasteiger partial charge in [-0.2, -0.15) is 0 Å². The lowest BCUT2D eigenvalue weighted by molar-refractivity contribution is -0.118. The summed E-state index contributed by atoms with van der Waals surface area (Å²) in [5.41, 5.74) is 1.04. The van der Waals surface area contributed by atoms with Gasteiger partial charge < -0.3 is 4.74 Å². The van der Waals surface area contributed by atoms with E-state index >= 15 is 0 Å². The van der Waals surface area contributed by atoms with Gasteiger partial charge in [-0.25, -0.2) is 0 Å². The zero-order valence-electron chi connectivity index (χ0n) is 8.91. The largest absolute Gasteiger partial charge is 0.494 e. The zero-order valence-corrected chi connectivity index (χ0v) is 8.91. The standard InChI is InChI=1S/C12H16O2/c1-4-14-12-7-5-11(6-8-12)9(2)10(3)13/h5-9H,4H2,1-3H3. The lowest BCUT2D eigenvalue weighted by atomic mass is 9.98. The van der Waals surface area contributed by atoms with Gasteiger partial charge in [0, 0.05) is 5.92 Å². The third-order valence-electron chi connectivity index (χ3n) is 2.30. The highest BCUT2D eigenvalue weighted by Crippen LogP contribution is 2.19. The summed E-state index contributed by atoms with van der Waals surface area (Å²) in [4.78, 5) is 11.1. The van der Waals surface area contributed by atoms with Crippen molar-refractivity contribution in [3.8, 4) is 5.75 Å². The number of rotatable bonds is 4. The van der Waals surface area contributed by atoms with Crippen LogP contribution in [0.25, 0.3) is 0 Å². The fourth-order valence-corrected chi connectivity index (χ4v) is 1.25. The van der Waals surface area contributed by atoms with Crippen molar-refractivity contribution in [3.05, 3.63) is 29.8 Å². The Morgan fingerprint density at radius 2 is 1.93 bits per heavy atom. The minimum atomic E-state index is -0.0225. The molecule has 0 bridgehead atoms. The van der Waals surface area contributed by atoms with Crippen LogP contribution in [-0.2, 0) is 4.79 Å². The quantitative estimate of drug-likeness (QED) is 0.733. The van der Waals surface area contributed by atoms with Crippen molar-refractivity contribution in [2.45, 2.75) is 26.7 Å². The van der Waals surface area contributed by atoms with Crippen LogP contribution in [0.15, 0.2) is 24.3 Å². The Morgan fingerprint density at radius 1 is 1.36 bits per heavy atom. The Bertz CT molecular complexity index is 301. The molecule has 1 aromatic carbocycles. The van der Waals surface area contributed by atoms with Crippen molar-refractivity contribution in [1.29, 1.82) is 0 Å². The number of ketones is 1. The lowest BCUT2D eigenvalue weighted by Gasteiger charge is -2.09. The molecule has 0 N–H and O–H groups in total. The summed E-state index contributed by atoms with van der Waals surface area (Å²) >= 11 is 0. The number of ether oxygens (including phenoxy) is 1. The second kappa shape index (κ2) is 4.80. The smallest absolute Gasteiger partial charge is 0.136 e. The van der Waals surface area contributed by atoms with Crippen LogP contribution in [-0.4, -0.2) is 12.4 Å². The van der Waals surface area contributed by atoms with E-state index in [0.29, 0.717) is 6.61 Å². The van der Waals surface area contributed by atoms with Crippen LogP contribution in [0.5, 0.6) is 5.75 Å². The van der Waals surface area contributed by atoms with Crippen molar-refractivity contribution in [2.75, 3.05) is 6.61 Å². The number of benzene rings is 1. The average Bonchev–Trinajstić information content (AvgIpc) is 2.18. The molecule has 0 fully saturated rings. The number of carbonyl (C=O) groups excluding carboxylic acids is 1. The van der Waals surface area contributed by atoms with E-state index in [0.717, 1.165) is 11.3 Å². The topological polar surface area (TPSA) is 26.3 Å². The molecule has 0 radical (unpaired) electrons. The van der Waals surface area contributed by atoms with Gasteiger partial charge in [0.2, 0.25) is 0 Å². The summed E-state index contributed by atoms with van der Waals surface area (Å²) in [6, 6.07) is 7.69. The first-order valence-corrected chi connectivity index (χ1v) is 4.88. The minimum absolute atomic E-state index is 0.0225. The van der Waals surface area contributed by atoms with Gasteiger partial charge >= 0.3 is 0 Å². The van der Waals surface area contributed by atoms with E-state index < -0.39 is 0 Å². The molecular weight excluding hydrogens is 176 g/mol. The van der Waals surface area contributed by atoms with Crippen LogP contribution in [0, 0.1) is 0 Å². The van der Waals surface area contributed by atoms with Crippen LogP contribution >= 0.6 is 0 Å². The Morgan fingerprint density at radius 3 is 2.36 bits per heavy atom. The molecule has 0 amide bonds. The maximum absolute atomic E-state index is 11.1. The summed E-state index contributed by atoms with van der Waals surface area (Å²) in [5.74, 6) is 1.02. The molecule has 0 aliphatic rings. The van der Waals surface area contributed by atoms with Crippen LogP contribution in [0.2, 0.25) is 0 Å². The number of carbonyl (C=O) groups is 1. The monoisotopic (exact) mass is 192 g/mol. The highest BCUT2D eigenvalue weighted by molar-refractivity contribution is 5.82. The minimum Gasteiger partial charge on any atom is -0.494 e. The van der Waals surface area contributed by atoms with E-state index in [1.807, 2.05) is 38.1 Å². The number of hydrogen-bond donors (Lipinski definition) is 0. The number of hydrogen-bond acceptors (Lipinski definition) is 2. The molecule has 1 atom stereocenters. The highest BCUT2D eigenvalue weighted by atomic mass is 16.5. The molecule has 14 heavy (non-hydrogen) atoms. The molecule has 1 rings (SSSR count). The van der Waals surface area contributed by atoms with E-state index in [9.17, 15) is 4.79 Å². The van der Waals surface area contributed by atoms with Gasteiger partial charge in [-0.3, -0.25) is 4.79 Å². The van der Waals surface area contributed by atoms with Crippen molar-refractivity contribution in [3.63, 3.8) is 0 Å². The van der Waals surface area contributed by atoms with Crippen LogP contribution in [0.3, 0.4) is 0 Å². The second-order valence-electron chi connectivity index (χ2n) is 3.33. The highest BCUT2D eigenvalue weighted by Gasteiger charge is 2.09. The fraction of sp³-hybridized carbons (Fsp3) is 0.417. The summed E-state index contributed by atoms with van der Waals surface area (Å²) in [6.45, 7) is 6.15. The van der Waals surface area contributed by atoms with Gasteiger partial charge in [0.15, 0.2) is 0 Å². The number of Topliss-reactive ketones (excluding diaryl/α,β-unsaturated/α-hetero) is 1. The molecule has 0 heterocycles. The molecule has 0 aliphatic heterocycles. The first kappa shape index (κ1) is 10.8. The van der Waals surface area contributed by atoms with E-state index in [1.54, 1.807) is 6.92 Å². The molecular formula is C12H16O2. The maximum Gasteiger partial charge on any atom is 0.136 e. The molecule has 2 nitrogen and oxygen atoms in total. The van der Waals surface area contributed by atoms with Gasteiger partial charge in [-0.15, -0.1) is 0 Å². The second-order valence-corrected chi connectivity index (χ2v) is 3.33. The third kappa shape index (κ3) is 2.59. The van der Waals surface area contributed by atoms with E-state index in [2.05, 4.69) is 0 Å². The average molecular weight is 192 g/mol. The fourth-order valence-electron chi connectivity index (χ4n) is 1.25. The molecule has 1 aromatic rings. The normalized spacial score (nSPS) is 12.2. The molecule has 0 aliphatic carbocycles. The van der Waals surface area contributed by atoms with Crippen LogP contribution in [0.4, 0.5) is 0 Å². The summed E-state index contributed by atoms with van der Waals surface area (Å²) < 4.78 is 5.32. The van der Waals surface area contributed by atoms with Crippen LogP contribution in [0.1, 0.15) is 32.3 Å². The molecule has 76 valence electrons. The first-order valence-electron chi connectivity index (χ1n) is 4.88. The van der Waals surface area contributed by atoms with Gasteiger partial charge in [0.1, 0.15) is 11.5 Å². The van der Waals surface area contributed by atoms with Gasteiger partial charge in [0.25, 0.3) is 0 Å². The Hall–Kier alpha value is -1.31. The Kier molecular flexibility index (Phi) is 3.69. The Balaban J connectivity index is 2.77. The predicted octanol–water partition coefficient (Wildman–Crippen LogP) is 2.78. The molecule has 0 spiro atoms. The predicted molar refractivity (Wildman–Crippen MR) is 56.7 cm³/mol. The van der Waals surface area contributed by atoms with Gasteiger partial charge in [-0.1, -0.05) is 19.1 Å². The Labute approximate surface area is 84.9 Å². The summed E-state index contributed by atoms with van der Waals surface area (Å²) in [6.07, 6.45) is 0. The molecule has 0 saturated heterocycles. The van der Waals surface area contributed by atoms with Crippen molar-refractivity contribution >= 4 is 5.78 Å². The van der Waals surface area contributed by atoms with Gasteiger partial charge in [-0.05, 0) is 31.5 Å². The van der Waals surface area contributed by atoms with E-state index in [1.165, 1.54) is 0 Å². The SMILES string of the molecule is CCOc1ccc(C(C)C(C)=O)cc1. The molecule has 0 saturated carbocycles. The van der Waals surface area contributed by atoms with Crippen molar-refractivity contribution < 1.29 is 9.53 Å². The maximum atomic E-state index is 11.1. The van der Waals surface area contributed by atoms with E-state index in [4.69, 9.17) is 4.74 Å². The molecule has 1 unspecified atom stereocenters.